The summed E-state index contributed by atoms with van der Waals surface area (Å²) in [5.41, 5.74) is 6.38. The molecule has 0 spiro atoms. The van der Waals surface area contributed by atoms with Gasteiger partial charge in [0.05, 0.1) is 23.0 Å². The van der Waals surface area contributed by atoms with E-state index in [9.17, 15) is 9.90 Å². The first-order chi connectivity index (χ1) is 26.5. The second-order valence-corrected chi connectivity index (χ2v) is 15.7. The number of fused-ring (bicyclic) bond motifs is 3. The summed E-state index contributed by atoms with van der Waals surface area (Å²) < 4.78 is 66.2. The van der Waals surface area contributed by atoms with Crippen LogP contribution in [0.2, 0.25) is 0 Å². The first-order valence-corrected chi connectivity index (χ1v) is 19.7. The van der Waals surface area contributed by atoms with Gasteiger partial charge < -0.3 is 24.4 Å². The quantitative estimate of drug-likeness (QED) is 0.136. The molecule has 0 radical (unpaired) electrons. The van der Waals surface area contributed by atoms with E-state index in [4.69, 9.17) is 19.3 Å². The molecule has 10 nitrogen and oxygen atoms in total. The third-order valence-corrected chi connectivity index (χ3v) is 12.3. The minimum absolute atomic E-state index is 0.0381. The van der Waals surface area contributed by atoms with E-state index in [2.05, 4.69) is 19.8 Å². The SMILES string of the molecule is CCc1c(F)ccc2cc(O)cc(-c3c(F)c(CCCC4CCCCN(Cc5oc(=O)oc5C)C4)c4c(N)nc(OCC56CCCN5CCC6)nc4c3F)c12. The number of likely N-dealkylation sites (tertiary alicyclic amines) is 1. The minimum Gasteiger partial charge on any atom is -0.508 e. The van der Waals surface area contributed by atoms with Crippen LogP contribution in [0.1, 0.15) is 87.4 Å². The average Bonchev–Trinajstić information content (AvgIpc) is 3.77. The maximum absolute atomic E-state index is 17.3. The van der Waals surface area contributed by atoms with Gasteiger partial charge in [0.1, 0.15) is 41.1 Å². The number of nitrogens with zero attached hydrogens (tertiary/aromatic N) is 4. The average molecular weight is 760 g/mol. The summed E-state index contributed by atoms with van der Waals surface area (Å²) in [5, 5.41) is 11.7. The summed E-state index contributed by atoms with van der Waals surface area (Å²) in [7, 11) is 0. The number of ether oxygens (including phenoxy) is 1. The Morgan fingerprint density at radius 3 is 2.55 bits per heavy atom. The molecular formula is C42H48F3N5O5. The number of phenols is 1. The number of halogens is 3. The molecule has 13 heteroatoms. The molecule has 1 unspecified atom stereocenters. The summed E-state index contributed by atoms with van der Waals surface area (Å²) in [6.07, 6.45) is 8.90. The highest BCUT2D eigenvalue weighted by molar-refractivity contribution is 6.04. The molecule has 8 rings (SSSR count). The summed E-state index contributed by atoms with van der Waals surface area (Å²) in [6.45, 7) is 7.91. The van der Waals surface area contributed by atoms with Crippen LogP contribution in [0, 0.1) is 30.3 Å². The lowest BCUT2D eigenvalue weighted by Gasteiger charge is -2.31. The number of anilines is 1. The second kappa shape index (κ2) is 15.1. The normalized spacial score (nSPS) is 19.0. The summed E-state index contributed by atoms with van der Waals surface area (Å²) in [5.74, 6) is -2.04. The van der Waals surface area contributed by atoms with Crippen LogP contribution in [-0.2, 0) is 19.4 Å². The van der Waals surface area contributed by atoms with Crippen molar-refractivity contribution in [3.05, 3.63) is 75.0 Å². The molecule has 5 aromatic rings. The number of aromatic hydroxyl groups is 1. The third-order valence-electron chi connectivity index (χ3n) is 12.3. The van der Waals surface area contributed by atoms with E-state index in [0.29, 0.717) is 47.4 Å². The minimum atomic E-state index is -0.976. The fourth-order valence-corrected chi connectivity index (χ4v) is 9.61. The van der Waals surface area contributed by atoms with E-state index in [-0.39, 0.29) is 63.9 Å². The van der Waals surface area contributed by atoms with Crippen LogP contribution in [0.3, 0.4) is 0 Å². The molecule has 3 aliphatic rings. The number of hydrogen-bond acceptors (Lipinski definition) is 10. The van der Waals surface area contributed by atoms with Gasteiger partial charge in [-0.25, -0.2) is 18.0 Å². The first-order valence-electron chi connectivity index (χ1n) is 19.7. The van der Waals surface area contributed by atoms with E-state index < -0.39 is 28.8 Å². The Kier molecular flexibility index (Phi) is 10.3. The van der Waals surface area contributed by atoms with Gasteiger partial charge >= 0.3 is 11.8 Å². The summed E-state index contributed by atoms with van der Waals surface area (Å²) in [4.78, 5) is 25.4. The highest BCUT2D eigenvalue weighted by atomic mass is 19.1. The van der Waals surface area contributed by atoms with Gasteiger partial charge in [-0.3, -0.25) is 9.80 Å². The Morgan fingerprint density at radius 2 is 1.80 bits per heavy atom. The molecule has 2 aromatic heterocycles. The van der Waals surface area contributed by atoms with Crippen molar-refractivity contribution in [3.8, 4) is 22.9 Å². The topological polar surface area (TPSA) is 131 Å². The molecule has 3 saturated heterocycles. The zero-order valence-corrected chi connectivity index (χ0v) is 31.5. The lowest BCUT2D eigenvalue weighted by Crippen LogP contribution is -2.43. The van der Waals surface area contributed by atoms with E-state index in [1.54, 1.807) is 13.8 Å². The molecule has 1 atom stereocenters. The van der Waals surface area contributed by atoms with Gasteiger partial charge in [-0.1, -0.05) is 19.4 Å². The van der Waals surface area contributed by atoms with Gasteiger partial charge in [0.15, 0.2) is 11.6 Å². The number of nitrogens with two attached hydrogens (primary N) is 1. The fourth-order valence-electron chi connectivity index (χ4n) is 9.61. The predicted molar refractivity (Wildman–Crippen MR) is 204 cm³/mol. The van der Waals surface area contributed by atoms with Gasteiger partial charge in [0.2, 0.25) is 0 Å². The molecule has 5 heterocycles. The van der Waals surface area contributed by atoms with Crippen LogP contribution in [0.15, 0.2) is 37.9 Å². The number of phenolic OH excluding ortho intramolecular Hbond substituents is 1. The Bertz CT molecular complexity index is 2300. The monoisotopic (exact) mass is 759 g/mol. The Hall–Kier alpha value is -4.62. The van der Waals surface area contributed by atoms with E-state index in [1.807, 2.05) is 0 Å². The fraction of sp³-hybridized carbons (Fsp3) is 0.500. The molecule has 55 heavy (non-hydrogen) atoms. The van der Waals surface area contributed by atoms with E-state index in [1.165, 1.54) is 24.3 Å². The Morgan fingerprint density at radius 1 is 1.00 bits per heavy atom. The summed E-state index contributed by atoms with van der Waals surface area (Å²) in [6, 6.07) is 5.48. The van der Waals surface area contributed by atoms with Gasteiger partial charge in [0, 0.05) is 12.1 Å². The Labute approximate surface area is 317 Å². The number of benzene rings is 3. The van der Waals surface area contributed by atoms with Crippen LogP contribution < -0.4 is 16.3 Å². The molecule has 292 valence electrons. The Balaban J connectivity index is 1.17. The first kappa shape index (κ1) is 37.3. The van der Waals surface area contributed by atoms with Gasteiger partial charge in [0.25, 0.3) is 0 Å². The van der Waals surface area contributed by atoms with Crippen molar-refractivity contribution in [1.29, 1.82) is 0 Å². The number of rotatable bonds is 11. The lowest BCUT2D eigenvalue weighted by atomic mass is 9.88. The van der Waals surface area contributed by atoms with Crippen LogP contribution in [0.5, 0.6) is 11.8 Å². The number of nitrogen functional groups attached to an aromatic ring is 1. The molecule has 0 bridgehead atoms. The smallest absolute Gasteiger partial charge is 0.508 e. The maximum Gasteiger partial charge on any atom is 0.519 e. The third kappa shape index (κ3) is 7.05. The van der Waals surface area contributed by atoms with Gasteiger partial charge in [-0.2, -0.15) is 9.97 Å². The molecule has 3 aromatic carbocycles. The molecule has 3 N–H and O–H groups in total. The highest BCUT2D eigenvalue weighted by Gasteiger charge is 2.45. The van der Waals surface area contributed by atoms with Crippen molar-refractivity contribution < 1.29 is 31.8 Å². The molecule has 0 amide bonds. The second-order valence-electron chi connectivity index (χ2n) is 15.7. The van der Waals surface area contributed by atoms with E-state index >= 15 is 13.2 Å². The van der Waals surface area contributed by atoms with Crippen molar-refractivity contribution in [2.45, 2.75) is 96.6 Å². The zero-order valence-electron chi connectivity index (χ0n) is 31.5. The number of hydrogen-bond donors (Lipinski definition) is 2. The molecule has 0 aliphatic carbocycles. The van der Waals surface area contributed by atoms with Crippen molar-refractivity contribution in [3.63, 3.8) is 0 Å². The van der Waals surface area contributed by atoms with Crippen molar-refractivity contribution in [2.75, 3.05) is 38.5 Å². The lowest BCUT2D eigenvalue weighted by molar-refractivity contribution is 0.108. The van der Waals surface area contributed by atoms with Crippen LogP contribution in [0.4, 0.5) is 19.0 Å². The maximum atomic E-state index is 17.3. The standard InChI is InChI=1S/C42H48F3N5O5/c1-3-28-31(43)13-12-26-19-27(51)20-30(33(26)28)34-36(44)29(11-6-10-25-9-4-5-16-49(21-25)22-32-24(2)54-41(52)55-32)35-38(37(34)45)47-40(48-39(35)46)53-23-42-14-7-17-50(42)18-8-15-42/h12-13,19-20,25,51H,3-11,14-18,21-23H2,1-2H3,(H2,46,47,48). The highest BCUT2D eigenvalue weighted by Crippen LogP contribution is 2.44. The summed E-state index contributed by atoms with van der Waals surface area (Å²) >= 11 is 0. The van der Waals surface area contributed by atoms with Gasteiger partial charge in [-0.05, 0) is 137 Å². The van der Waals surface area contributed by atoms with Crippen LogP contribution in [0.25, 0.3) is 32.8 Å². The molecule has 0 saturated carbocycles. The number of aromatic nitrogens is 2. The molecule has 3 fully saturated rings. The zero-order chi connectivity index (χ0) is 38.4. The van der Waals surface area contributed by atoms with Crippen molar-refractivity contribution in [2.24, 2.45) is 5.92 Å². The van der Waals surface area contributed by atoms with Crippen molar-refractivity contribution >= 4 is 27.5 Å². The van der Waals surface area contributed by atoms with E-state index in [0.717, 1.165) is 77.5 Å². The van der Waals surface area contributed by atoms with Gasteiger partial charge in [-0.15, -0.1) is 0 Å². The van der Waals surface area contributed by atoms with Crippen LogP contribution >= 0.6 is 0 Å². The molecule has 3 aliphatic heterocycles. The predicted octanol–water partition coefficient (Wildman–Crippen LogP) is 8.20. The number of aryl methyl sites for hydroxylation is 3. The largest absolute Gasteiger partial charge is 0.519 e. The van der Waals surface area contributed by atoms with Crippen LogP contribution in [-0.4, -0.2) is 63.2 Å². The van der Waals surface area contributed by atoms with Crippen molar-refractivity contribution in [1.82, 2.24) is 19.8 Å². The molecular weight excluding hydrogens is 711 g/mol.